The zero-order chi connectivity index (χ0) is 27.7. The van der Waals surface area contributed by atoms with Crippen LogP contribution in [0.4, 0.5) is 16.3 Å². The molecule has 3 heterocycles. The molecule has 2 amide bonds. The number of carbonyl (C=O) groups excluding carboxylic acids is 2. The monoisotopic (exact) mass is 523 g/mol. The maximum atomic E-state index is 13.9. The van der Waals surface area contributed by atoms with E-state index < -0.39 is 17.1 Å². The highest BCUT2D eigenvalue weighted by Gasteiger charge is 2.68. The summed E-state index contributed by atoms with van der Waals surface area (Å²) in [6, 6.07) is 12.2. The molecular formula is C31H33N5O3. The molecule has 1 aromatic heterocycles. The van der Waals surface area contributed by atoms with Crippen LogP contribution in [-0.2, 0) is 27.9 Å². The number of amidine groups is 1. The Bertz CT molecular complexity index is 1570. The van der Waals surface area contributed by atoms with Gasteiger partial charge in [-0.05, 0) is 63.8 Å². The summed E-state index contributed by atoms with van der Waals surface area (Å²) in [7, 11) is 0. The number of benzene rings is 2. The second-order valence-corrected chi connectivity index (χ2v) is 11.7. The van der Waals surface area contributed by atoms with Gasteiger partial charge >= 0.3 is 6.09 Å². The number of aryl methyl sites for hydroxylation is 3. The van der Waals surface area contributed by atoms with Crippen molar-refractivity contribution in [1.82, 2.24) is 9.97 Å². The number of nitrogens with zero attached hydrogens (tertiary/aromatic N) is 4. The van der Waals surface area contributed by atoms with E-state index in [1.54, 1.807) is 0 Å². The van der Waals surface area contributed by atoms with Crippen LogP contribution in [0.25, 0.3) is 0 Å². The molecule has 0 radical (unpaired) electrons. The summed E-state index contributed by atoms with van der Waals surface area (Å²) >= 11 is 0. The number of aromatic nitrogens is 2. The third kappa shape index (κ3) is 4.09. The molecule has 1 fully saturated rings. The van der Waals surface area contributed by atoms with Crippen molar-refractivity contribution in [2.45, 2.75) is 77.9 Å². The normalized spacial score (nSPS) is 21.1. The first kappa shape index (κ1) is 25.2. The molecule has 2 atom stereocenters. The van der Waals surface area contributed by atoms with E-state index in [4.69, 9.17) is 9.73 Å². The number of hydrogen-bond acceptors (Lipinski definition) is 7. The molecule has 1 spiro atoms. The predicted molar refractivity (Wildman–Crippen MR) is 150 cm³/mol. The van der Waals surface area contributed by atoms with Crippen LogP contribution in [0.3, 0.4) is 0 Å². The van der Waals surface area contributed by atoms with E-state index in [-0.39, 0.29) is 11.8 Å². The Kier molecular flexibility index (Phi) is 5.64. The van der Waals surface area contributed by atoms with Crippen LogP contribution in [0.2, 0.25) is 0 Å². The van der Waals surface area contributed by atoms with E-state index in [9.17, 15) is 9.59 Å². The largest absolute Gasteiger partial charge is 0.443 e. The average molecular weight is 524 g/mol. The minimum atomic E-state index is -0.748. The van der Waals surface area contributed by atoms with Crippen LogP contribution >= 0.6 is 0 Å². The summed E-state index contributed by atoms with van der Waals surface area (Å²) in [5.41, 5.74) is 5.34. The lowest BCUT2D eigenvalue weighted by Crippen LogP contribution is -2.41. The van der Waals surface area contributed by atoms with E-state index in [0.717, 1.165) is 57.3 Å². The molecule has 8 nitrogen and oxygen atoms in total. The SMILES string of the molecule is CCc1ncc(C)c(NC2=NCc3cc([C@@H]4C[C@@]45C(=O)N(C(=O)OC(C)(C)C)c4ccc(C)cc45)ccc32)n1. The van der Waals surface area contributed by atoms with Crippen LogP contribution < -0.4 is 10.2 Å². The maximum Gasteiger partial charge on any atom is 0.421 e. The molecule has 1 aliphatic carbocycles. The van der Waals surface area contributed by atoms with Gasteiger partial charge in [0.05, 0.1) is 17.6 Å². The summed E-state index contributed by atoms with van der Waals surface area (Å²) in [5, 5.41) is 3.40. The Hall–Kier alpha value is -4.07. The van der Waals surface area contributed by atoms with E-state index in [1.807, 2.05) is 65.9 Å². The van der Waals surface area contributed by atoms with Crippen molar-refractivity contribution < 1.29 is 14.3 Å². The second-order valence-electron chi connectivity index (χ2n) is 11.7. The lowest BCUT2D eigenvalue weighted by atomic mass is 9.90. The van der Waals surface area contributed by atoms with Gasteiger partial charge in [0, 0.05) is 29.7 Å². The predicted octanol–water partition coefficient (Wildman–Crippen LogP) is 5.74. The number of carbonyl (C=O) groups is 2. The fourth-order valence-corrected chi connectivity index (χ4v) is 5.75. The number of hydrogen-bond donors (Lipinski definition) is 1. The Morgan fingerprint density at radius 1 is 1.18 bits per heavy atom. The number of amides is 2. The molecule has 1 saturated carbocycles. The van der Waals surface area contributed by atoms with E-state index >= 15 is 0 Å². The summed E-state index contributed by atoms with van der Waals surface area (Å²) in [6.07, 6.45) is 2.63. The number of rotatable bonds is 3. The van der Waals surface area contributed by atoms with Crippen molar-refractivity contribution in [3.05, 3.63) is 81.8 Å². The van der Waals surface area contributed by atoms with Gasteiger partial charge in [-0.25, -0.2) is 19.7 Å². The molecule has 3 aromatic rings. The molecule has 0 saturated heterocycles. The molecule has 2 aromatic carbocycles. The Morgan fingerprint density at radius 3 is 2.72 bits per heavy atom. The summed E-state index contributed by atoms with van der Waals surface area (Å²) in [5.74, 6) is 2.13. The smallest absolute Gasteiger partial charge is 0.421 e. The van der Waals surface area contributed by atoms with Crippen molar-refractivity contribution in [3.63, 3.8) is 0 Å². The van der Waals surface area contributed by atoms with Crippen molar-refractivity contribution in [2.24, 2.45) is 4.99 Å². The third-order valence-corrected chi connectivity index (χ3v) is 7.76. The molecule has 0 unspecified atom stereocenters. The topological polar surface area (TPSA) is 96.8 Å². The molecular weight excluding hydrogens is 490 g/mol. The number of aliphatic imine (C=N–C) groups is 1. The number of ether oxygens (including phenoxy) is 1. The minimum absolute atomic E-state index is 0.0171. The molecule has 0 bridgehead atoms. The van der Waals surface area contributed by atoms with Crippen LogP contribution in [-0.4, -0.2) is 33.4 Å². The van der Waals surface area contributed by atoms with Gasteiger partial charge in [-0.15, -0.1) is 0 Å². The lowest BCUT2D eigenvalue weighted by molar-refractivity contribution is -0.120. The molecule has 3 aliphatic rings. The lowest BCUT2D eigenvalue weighted by Gasteiger charge is -2.24. The van der Waals surface area contributed by atoms with Gasteiger partial charge in [0.15, 0.2) is 0 Å². The van der Waals surface area contributed by atoms with E-state index in [1.165, 1.54) is 4.90 Å². The Balaban J connectivity index is 1.29. The second kappa shape index (κ2) is 8.73. The summed E-state index contributed by atoms with van der Waals surface area (Å²) < 4.78 is 5.62. The fraction of sp³-hybridized carbons (Fsp3) is 0.387. The van der Waals surface area contributed by atoms with Crippen LogP contribution in [0, 0.1) is 13.8 Å². The Morgan fingerprint density at radius 2 is 1.97 bits per heavy atom. The highest BCUT2D eigenvalue weighted by atomic mass is 16.6. The molecule has 39 heavy (non-hydrogen) atoms. The molecule has 200 valence electrons. The highest BCUT2D eigenvalue weighted by molar-refractivity contribution is 6.23. The first-order valence-electron chi connectivity index (χ1n) is 13.5. The average Bonchev–Trinajstić information content (AvgIpc) is 3.45. The minimum Gasteiger partial charge on any atom is -0.443 e. The van der Waals surface area contributed by atoms with Gasteiger partial charge in [-0.3, -0.25) is 9.79 Å². The van der Waals surface area contributed by atoms with Crippen molar-refractivity contribution in [1.29, 1.82) is 0 Å². The highest BCUT2D eigenvalue weighted by Crippen LogP contribution is 2.66. The van der Waals surface area contributed by atoms with Crippen molar-refractivity contribution in [3.8, 4) is 0 Å². The number of imide groups is 1. The third-order valence-electron chi connectivity index (χ3n) is 7.76. The fourth-order valence-electron chi connectivity index (χ4n) is 5.75. The first-order chi connectivity index (χ1) is 18.5. The zero-order valence-electron chi connectivity index (χ0n) is 23.3. The Labute approximate surface area is 228 Å². The van der Waals surface area contributed by atoms with E-state index in [2.05, 4.69) is 33.5 Å². The summed E-state index contributed by atoms with van der Waals surface area (Å²) in [6.45, 7) is 12.0. The van der Waals surface area contributed by atoms with Gasteiger partial charge in [0.25, 0.3) is 0 Å². The first-order valence-corrected chi connectivity index (χ1v) is 13.5. The van der Waals surface area contributed by atoms with Gasteiger partial charge in [0.2, 0.25) is 5.91 Å². The van der Waals surface area contributed by atoms with Crippen molar-refractivity contribution in [2.75, 3.05) is 10.2 Å². The molecule has 2 aliphatic heterocycles. The van der Waals surface area contributed by atoms with Gasteiger partial charge in [0.1, 0.15) is 23.1 Å². The van der Waals surface area contributed by atoms with Crippen LogP contribution in [0.15, 0.2) is 47.6 Å². The maximum absolute atomic E-state index is 13.9. The molecule has 6 rings (SSSR count). The van der Waals surface area contributed by atoms with E-state index in [0.29, 0.717) is 18.7 Å². The van der Waals surface area contributed by atoms with Gasteiger partial charge < -0.3 is 10.1 Å². The summed E-state index contributed by atoms with van der Waals surface area (Å²) in [4.78, 5) is 42.0. The number of anilines is 2. The van der Waals surface area contributed by atoms with Crippen LogP contribution in [0.5, 0.6) is 0 Å². The zero-order valence-corrected chi connectivity index (χ0v) is 23.3. The number of fused-ring (bicyclic) bond motifs is 3. The molecule has 1 N–H and O–H groups in total. The van der Waals surface area contributed by atoms with Crippen molar-refractivity contribution >= 4 is 29.3 Å². The van der Waals surface area contributed by atoms with Crippen LogP contribution in [0.1, 0.15) is 79.2 Å². The van der Waals surface area contributed by atoms with Gasteiger partial charge in [-0.1, -0.05) is 42.8 Å². The number of nitrogens with one attached hydrogen (secondary N) is 1. The quantitative estimate of drug-likeness (QED) is 0.471. The van der Waals surface area contributed by atoms with Gasteiger partial charge in [-0.2, -0.15) is 0 Å². The molecule has 8 heteroatoms. The standard InChI is InChI=1S/C31H33N5O3/c1-7-25-32-15-18(3)26(34-25)35-27-21-10-9-19(13-20(21)16-33-27)23-14-31(23)22-12-17(2)8-11-24(22)36(28(31)37)29(38)39-30(4,5)6/h8-13,15,23H,7,14,16H2,1-6H3,(H,32,33,34,35)/t23-,31-/m0/s1.